The zero-order chi connectivity index (χ0) is 11.3. The van der Waals surface area contributed by atoms with Crippen molar-refractivity contribution < 1.29 is 4.79 Å². The minimum Gasteiger partial charge on any atom is -0.351 e. The highest BCUT2D eigenvalue weighted by Gasteiger charge is 2.01. The number of carbonyl (C=O) groups is 1. The zero-order valence-corrected chi connectivity index (χ0v) is 11.7. The number of nitrogens with one attached hydrogen (secondary N) is 2. The lowest BCUT2D eigenvalue weighted by Crippen LogP contribution is -2.31. The van der Waals surface area contributed by atoms with E-state index in [-0.39, 0.29) is 18.3 Å². The lowest BCUT2D eigenvalue weighted by molar-refractivity contribution is -0.120. The molecule has 1 rings (SSSR count). The summed E-state index contributed by atoms with van der Waals surface area (Å²) in [5, 5.41) is 5.65. The summed E-state index contributed by atoms with van der Waals surface area (Å²) in [4.78, 5) is 11.2. The molecule has 0 heterocycles. The number of amides is 1. The molecule has 0 aliphatic rings. The molecular weight excluding hydrogens is 291 g/mol. The van der Waals surface area contributed by atoms with Gasteiger partial charge in [0.25, 0.3) is 0 Å². The van der Waals surface area contributed by atoms with Crippen molar-refractivity contribution in [1.29, 1.82) is 0 Å². The third-order valence-electron chi connectivity index (χ3n) is 2.12. The molecule has 0 bridgehead atoms. The molecule has 0 unspecified atom stereocenters. The molecule has 3 nitrogen and oxygen atoms in total. The second kappa shape index (κ2) is 7.65. The molecule has 5 heteroatoms. The highest BCUT2D eigenvalue weighted by Crippen LogP contribution is 2.15. The second-order valence-corrected chi connectivity index (χ2v) is 4.29. The van der Waals surface area contributed by atoms with Crippen molar-refractivity contribution in [3.05, 3.63) is 33.8 Å². The number of benzene rings is 1. The molecule has 0 saturated heterocycles. The first-order chi connectivity index (χ1) is 7.13. The van der Waals surface area contributed by atoms with Crippen LogP contribution in [0.1, 0.15) is 11.1 Å². The van der Waals surface area contributed by atoms with E-state index in [1.165, 1.54) is 5.56 Å². The Morgan fingerprint density at radius 3 is 2.69 bits per heavy atom. The van der Waals surface area contributed by atoms with E-state index in [4.69, 9.17) is 0 Å². The van der Waals surface area contributed by atoms with Gasteiger partial charge in [-0.2, -0.15) is 0 Å². The Balaban J connectivity index is 0.00000225. The molecule has 1 aromatic rings. The summed E-state index contributed by atoms with van der Waals surface area (Å²) in [6.45, 7) is 2.97. The standard InChI is InChI=1S/C11H15BrN2O.ClH/c1-8-5-10(12)4-3-9(8)6-14-11(15)7-13-2;/h3-5,13H,6-7H2,1-2H3,(H,14,15);1H. The van der Waals surface area contributed by atoms with E-state index in [2.05, 4.69) is 26.6 Å². The smallest absolute Gasteiger partial charge is 0.234 e. The molecule has 16 heavy (non-hydrogen) atoms. The van der Waals surface area contributed by atoms with Gasteiger partial charge in [-0.1, -0.05) is 22.0 Å². The monoisotopic (exact) mass is 306 g/mol. The molecule has 0 atom stereocenters. The van der Waals surface area contributed by atoms with Gasteiger partial charge in [0.1, 0.15) is 0 Å². The summed E-state index contributed by atoms with van der Waals surface area (Å²) in [6, 6.07) is 6.03. The normalized spacial score (nSPS) is 9.44. The highest BCUT2D eigenvalue weighted by atomic mass is 79.9. The van der Waals surface area contributed by atoms with Crippen LogP contribution in [0.25, 0.3) is 0 Å². The van der Waals surface area contributed by atoms with E-state index in [0.717, 1.165) is 10.0 Å². The largest absolute Gasteiger partial charge is 0.351 e. The summed E-state index contributed by atoms with van der Waals surface area (Å²) < 4.78 is 1.06. The number of carbonyl (C=O) groups excluding carboxylic acids is 1. The minimum atomic E-state index is 0. The fourth-order valence-corrected chi connectivity index (χ4v) is 1.75. The van der Waals surface area contributed by atoms with Crippen LogP contribution in [0.2, 0.25) is 0 Å². The Bertz CT molecular complexity index is 358. The highest BCUT2D eigenvalue weighted by molar-refractivity contribution is 9.10. The first-order valence-corrected chi connectivity index (χ1v) is 5.59. The second-order valence-electron chi connectivity index (χ2n) is 3.38. The van der Waals surface area contributed by atoms with E-state index in [1.807, 2.05) is 25.1 Å². The average molecular weight is 308 g/mol. The summed E-state index contributed by atoms with van der Waals surface area (Å²) in [5.74, 6) is 0.0137. The molecule has 0 saturated carbocycles. The molecular formula is C11H16BrClN2O. The van der Waals surface area contributed by atoms with E-state index in [0.29, 0.717) is 13.1 Å². The van der Waals surface area contributed by atoms with Crippen LogP contribution in [-0.2, 0) is 11.3 Å². The number of hydrogen-bond acceptors (Lipinski definition) is 2. The van der Waals surface area contributed by atoms with E-state index < -0.39 is 0 Å². The minimum absolute atomic E-state index is 0. The summed E-state index contributed by atoms with van der Waals surface area (Å²) in [5.41, 5.74) is 2.32. The van der Waals surface area contributed by atoms with Crippen molar-refractivity contribution in [1.82, 2.24) is 10.6 Å². The molecule has 0 spiro atoms. The molecule has 0 aromatic heterocycles. The third kappa shape index (κ3) is 4.96. The topological polar surface area (TPSA) is 41.1 Å². The van der Waals surface area contributed by atoms with Crippen molar-refractivity contribution in [3.63, 3.8) is 0 Å². The van der Waals surface area contributed by atoms with Crippen molar-refractivity contribution in [2.75, 3.05) is 13.6 Å². The number of aryl methyl sites for hydroxylation is 1. The van der Waals surface area contributed by atoms with Crippen LogP contribution < -0.4 is 10.6 Å². The maximum absolute atomic E-state index is 11.2. The van der Waals surface area contributed by atoms with Crippen LogP contribution in [-0.4, -0.2) is 19.5 Å². The summed E-state index contributed by atoms with van der Waals surface area (Å²) >= 11 is 3.40. The summed E-state index contributed by atoms with van der Waals surface area (Å²) in [7, 11) is 1.75. The van der Waals surface area contributed by atoms with Gasteiger partial charge in [0.15, 0.2) is 0 Å². The predicted molar refractivity (Wildman–Crippen MR) is 71.9 cm³/mol. The van der Waals surface area contributed by atoms with Crippen LogP contribution >= 0.6 is 28.3 Å². The SMILES string of the molecule is CNCC(=O)NCc1ccc(Br)cc1C.Cl. The van der Waals surface area contributed by atoms with Crippen LogP contribution in [0.5, 0.6) is 0 Å². The molecule has 1 amide bonds. The third-order valence-corrected chi connectivity index (χ3v) is 2.61. The van der Waals surface area contributed by atoms with E-state index in [1.54, 1.807) is 7.05 Å². The number of rotatable bonds is 4. The van der Waals surface area contributed by atoms with Gasteiger partial charge >= 0.3 is 0 Å². The van der Waals surface area contributed by atoms with Gasteiger partial charge in [-0.15, -0.1) is 12.4 Å². The molecule has 0 aliphatic heterocycles. The lowest BCUT2D eigenvalue weighted by Gasteiger charge is -2.08. The summed E-state index contributed by atoms with van der Waals surface area (Å²) in [6.07, 6.45) is 0. The number of likely N-dealkylation sites (N-methyl/N-ethyl adjacent to an activating group) is 1. The van der Waals surface area contributed by atoms with Gasteiger partial charge in [0.2, 0.25) is 5.91 Å². The Morgan fingerprint density at radius 2 is 2.12 bits per heavy atom. The van der Waals surface area contributed by atoms with Gasteiger partial charge in [-0.05, 0) is 37.2 Å². The number of hydrogen-bond donors (Lipinski definition) is 2. The Labute approximate surface area is 111 Å². The van der Waals surface area contributed by atoms with Crippen molar-refractivity contribution >= 4 is 34.2 Å². The Morgan fingerprint density at radius 1 is 1.44 bits per heavy atom. The first-order valence-electron chi connectivity index (χ1n) is 4.80. The lowest BCUT2D eigenvalue weighted by atomic mass is 10.1. The zero-order valence-electron chi connectivity index (χ0n) is 9.34. The van der Waals surface area contributed by atoms with Crippen LogP contribution in [0.3, 0.4) is 0 Å². The number of halogens is 2. The molecule has 90 valence electrons. The molecule has 0 aliphatic carbocycles. The van der Waals surface area contributed by atoms with E-state index in [9.17, 15) is 4.79 Å². The maximum Gasteiger partial charge on any atom is 0.234 e. The van der Waals surface area contributed by atoms with Crippen LogP contribution in [0.4, 0.5) is 0 Å². The van der Waals surface area contributed by atoms with Gasteiger partial charge in [-0.3, -0.25) is 4.79 Å². The van der Waals surface area contributed by atoms with Gasteiger partial charge < -0.3 is 10.6 Å². The van der Waals surface area contributed by atoms with Crippen molar-refractivity contribution in [3.8, 4) is 0 Å². The van der Waals surface area contributed by atoms with Gasteiger partial charge in [0, 0.05) is 11.0 Å². The maximum atomic E-state index is 11.2. The molecule has 2 N–H and O–H groups in total. The van der Waals surface area contributed by atoms with Crippen molar-refractivity contribution in [2.45, 2.75) is 13.5 Å². The van der Waals surface area contributed by atoms with Crippen molar-refractivity contribution in [2.24, 2.45) is 0 Å². The van der Waals surface area contributed by atoms with Gasteiger partial charge in [0.05, 0.1) is 6.54 Å². The van der Waals surface area contributed by atoms with Crippen LogP contribution in [0.15, 0.2) is 22.7 Å². The molecule has 0 radical (unpaired) electrons. The van der Waals surface area contributed by atoms with Gasteiger partial charge in [-0.25, -0.2) is 0 Å². The van der Waals surface area contributed by atoms with Crippen LogP contribution in [0, 0.1) is 6.92 Å². The fraction of sp³-hybridized carbons (Fsp3) is 0.364. The fourth-order valence-electron chi connectivity index (χ4n) is 1.27. The molecule has 1 aromatic carbocycles. The first kappa shape index (κ1) is 15.4. The predicted octanol–water partition coefficient (Wildman–Crippen LogP) is 2.01. The average Bonchev–Trinajstić information content (AvgIpc) is 2.17. The Kier molecular flexibility index (Phi) is 7.38. The molecule has 0 fully saturated rings. The van der Waals surface area contributed by atoms with E-state index >= 15 is 0 Å². The quantitative estimate of drug-likeness (QED) is 0.893. The Hall–Kier alpha value is -0.580.